The van der Waals surface area contributed by atoms with Gasteiger partial charge in [-0.2, -0.15) is 0 Å². The number of thioether (sulfide) groups is 1. The van der Waals surface area contributed by atoms with Crippen LogP contribution in [0.5, 0.6) is 0 Å². The number of halogens is 2. The van der Waals surface area contributed by atoms with E-state index >= 15 is 0 Å². The summed E-state index contributed by atoms with van der Waals surface area (Å²) in [5.74, 6) is 0.235. The van der Waals surface area contributed by atoms with E-state index < -0.39 is 11.8 Å². The molecule has 1 saturated heterocycles. The summed E-state index contributed by atoms with van der Waals surface area (Å²) in [5.41, 5.74) is 0. The van der Waals surface area contributed by atoms with Gasteiger partial charge in [-0.25, -0.2) is 0 Å². The van der Waals surface area contributed by atoms with Crippen molar-refractivity contribution in [1.82, 2.24) is 5.32 Å². The average Bonchev–Trinajstić information content (AvgIpc) is 2.79. The van der Waals surface area contributed by atoms with Gasteiger partial charge in [-0.05, 0) is 12.1 Å². The lowest BCUT2D eigenvalue weighted by Crippen LogP contribution is -2.32. The van der Waals surface area contributed by atoms with Gasteiger partial charge in [-0.1, -0.05) is 41.9 Å². The van der Waals surface area contributed by atoms with Crippen LogP contribution in [-0.4, -0.2) is 24.0 Å². The first kappa shape index (κ1) is 15.2. The standard InChI is InChI=1S/C6H4Cl2.C6H7NO2S/c7-5-3-1-2-4-6(5)8;1-4-6(5(9)2-8)7-3-10-4/h1-4H;2,6-7H,1,3H2. The Kier molecular flexibility index (Phi) is 6.43. The van der Waals surface area contributed by atoms with Gasteiger partial charge in [0, 0.05) is 10.8 Å². The second-order valence-electron chi connectivity index (χ2n) is 3.33. The van der Waals surface area contributed by atoms with E-state index in [2.05, 4.69) is 11.9 Å². The van der Waals surface area contributed by atoms with Crippen molar-refractivity contribution in [1.29, 1.82) is 0 Å². The van der Waals surface area contributed by atoms with Crippen LogP contribution in [0.1, 0.15) is 0 Å². The molecule has 1 unspecified atom stereocenters. The minimum atomic E-state index is -0.442. The van der Waals surface area contributed by atoms with Crippen LogP contribution in [0.15, 0.2) is 35.7 Å². The lowest BCUT2D eigenvalue weighted by molar-refractivity contribution is -0.130. The summed E-state index contributed by atoms with van der Waals surface area (Å²) in [6, 6.07) is 6.75. The van der Waals surface area contributed by atoms with Crippen molar-refractivity contribution >= 4 is 47.0 Å². The molecule has 0 bridgehead atoms. The number of aldehydes is 1. The SMILES string of the molecule is C=C1SCNC1C(=O)C=O.Clc1ccccc1Cl. The van der Waals surface area contributed by atoms with E-state index in [9.17, 15) is 9.59 Å². The largest absolute Gasteiger partial charge is 0.295 e. The van der Waals surface area contributed by atoms with Crippen molar-refractivity contribution in [2.45, 2.75) is 6.04 Å². The number of ketones is 1. The molecule has 1 aliphatic heterocycles. The van der Waals surface area contributed by atoms with E-state index in [1.807, 2.05) is 12.1 Å². The van der Waals surface area contributed by atoms with Gasteiger partial charge in [0.2, 0.25) is 5.78 Å². The van der Waals surface area contributed by atoms with Crippen LogP contribution in [0, 0.1) is 0 Å². The summed E-state index contributed by atoms with van der Waals surface area (Å²) in [6.07, 6.45) is 0.328. The molecule has 0 saturated carbocycles. The maximum atomic E-state index is 10.7. The van der Waals surface area contributed by atoms with Crippen molar-refractivity contribution in [3.05, 3.63) is 45.8 Å². The maximum absolute atomic E-state index is 10.7. The summed E-state index contributed by atoms with van der Waals surface area (Å²) < 4.78 is 0. The molecular formula is C12H11Cl2NO2S. The first-order chi connectivity index (χ1) is 8.56. The van der Waals surface area contributed by atoms with Crippen LogP contribution in [0.3, 0.4) is 0 Å². The lowest BCUT2D eigenvalue weighted by Gasteiger charge is -2.02. The Bertz CT molecular complexity index is 444. The highest BCUT2D eigenvalue weighted by molar-refractivity contribution is 8.03. The van der Waals surface area contributed by atoms with E-state index in [-0.39, 0.29) is 0 Å². The predicted molar refractivity (Wildman–Crippen MR) is 76.1 cm³/mol. The molecule has 0 aliphatic carbocycles. The van der Waals surface area contributed by atoms with Crippen LogP contribution < -0.4 is 5.32 Å². The van der Waals surface area contributed by atoms with E-state index in [1.54, 1.807) is 12.1 Å². The molecule has 1 atom stereocenters. The Balaban J connectivity index is 0.000000184. The molecular weight excluding hydrogens is 293 g/mol. The molecule has 96 valence electrons. The molecule has 0 aromatic heterocycles. The Morgan fingerprint density at radius 1 is 1.39 bits per heavy atom. The molecule has 1 fully saturated rings. The van der Waals surface area contributed by atoms with Crippen LogP contribution in [-0.2, 0) is 9.59 Å². The fourth-order valence-corrected chi connectivity index (χ4v) is 2.25. The fourth-order valence-electron chi connectivity index (χ4n) is 1.18. The number of hydrogen-bond donors (Lipinski definition) is 1. The van der Waals surface area contributed by atoms with Crippen molar-refractivity contribution < 1.29 is 9.59 Å². The molecule has 3 nitrogen and oxygen atoms in total. The summed E-state index contributed by atoms with van der Waals surface area (Å²) in [7, 11) is 0. The number of hydrogen-bond acceptors (Lipinski definition) is 4. The minimum Gasteiger partial charge on any atom is -0.295 e. The number of Topliss-reactive ketones (excluding diaryl/α,β-unsaturated/α-hetero) is 1. The highest BCUT2D eigenvalue weighted by Crippen LogP contribution is 2.22. The van der Waals surface area contributed by atoms with Gasteiger partial charge in [0.25, 0.3) is 0 Å². The van der Waals surface area contributed by atoms with E-state index in [4.69, 9.17) is 23.2 Å². The average molecular weight is 304 g/mol. The van der Waals surface area contributed by atoms with Gasteiger partial charge in [0.1, 0.15) is 6.04 Å². The number of benzene rings is 1. The number of nitrogens with one attached hydrogen (secondary N) is 1. The van der Waals surface area contributed by atoms with E-state index in [1.165, 1.54) is 11.8 Å². The van der Waals surface area contributed by atoms with Gasteiger partial charge < -0.3 is 0 Å². The maximum Gasteiger partial charge on any atom is 0.217 e. The third kappa shape index (κ3) is 4.46. The summed E-state index contributed by atoms with van der Waals surface area (Å²) in [5, 5.41) is 4.05. The third-order valence-electron chi connectivity index (χ3n) is 2.09. The molecule has 0 amide bonds. The molecule has 2 rings (SSSR count). The van der Waals surface area contributed by atoms with Gasteiger partial charge >= 0.3 is 0 Å². The first-order valence-corrected chi connectivity index (χ1v) is 6.74. The minimum absolute atomic E-state index is 0.328. The highest BCUT2D eigenvalue weighted by atomic mass is 35.5. The van der Waals surface area contributed by atoms with Crippen LogP contribution in [0.2, 0.25) is 10.0 Å². The van der Waals surface area contributed by atoms with E-state index in [0.717, 1.165) is 4.91 Å². The Hall–Kier alpha value is -0.810. The number of rotatable bonds is 2. The zero-order chi connectivity index (χ0) is 13.5. The Labute approximate surface area is 120 Å². The molecule has 1 aromatic carbocycles. The van der Waals surface area contributed by atoms with Crippen molar-refractivity contribution in [3.63, 3.8) is 0 Å². The molecule has 1 heterocycles. The van der Waals surface area contributed by atoms with Crippen LogP contribution in [0.25, 0.3) is 0 Å². The molecule has 0 spiro atoms. The molecule has 18 heavy (non-hydrogen) atoms. The van der Waals surface area contributed by atoms with E-state index in [0.29, 0.717) is 22.2 Å². The quantitative estimate of drug-likeness (QED) is 0.674. The first-order valence-electron chi connectivity index (χ1n) is 5.00. The smallest absolute Gasteiger partial charge is 0.217 e. The molecule has 1 aliphatic rings. The Morgan fingerprint density at radius 3 is 2.28 bits per heavy atom. The number of carbonyl (C=O) groups is 2. The number of carbonyl (C=O) groups excluding carboxylic acids is 2. The summed E-state index contributed by atoms with van der Waals surface area (Å²) in [6.45, 7) is 3.63. The zero-order valence-corrected chi connectivity index (χ0v) is 11.7. The van der Waals surface area contributed by atoms with Gasteiger partial charge in [-0.3, -0.25) is 14.9 Å². The Morgan fingerprint density at radius 2 is 1.94 bits per heavy atom. The van der Waals surface area contributed by atoms with Crippen LogP contribution in [0.4, 0.5) is 0 Å². The monoisotopic (exact) mass is 303 g/mol. The predicted octanol–water partition coefficient (Wildman–Crippen LogP) is 2.92. The van der Waals surface area contributed by atoms with Crippen molar-refractivity contribution in [3.8, 4) is 0 Å². The summed E-state index contributed by atoms with van der Waals surface area (Å²) in [4.78, 5) is 21.5. The highest BCUT2D eigenvalue weighted by Gasteiger charge is 2.25. The molecule has 1 N–H and O–H groups in total. The molecule has 0 radical (unpaired) electrons. The second-order valence-corrected chi connectivity index (χ2v) is 5.24. The topological polar surface area (TPSA) is 46.2 Å². The van der Waals surface area contributed by atoms with Crippen molar-refractivity contribution in [2.24, 2.45) is 0 Å². The van der Waals surface area contributed by atoms with Gasteiger partial charge in [0.15, 0.2) is 6.29 Å². The lowest BCUT2D eigenvalue weighted by atomic mass is 10.2. The zero-order valence-electron chi connectivity index (χ0n) is 9.36. The second kappa shape index (κ2) is 7.59. The van der Waals surface area contributed by atoms with Crippen molar-refractivity contribution in [2.75, 3.05) is 5.88 Å². The van der Waals surface area contributed by atoms with Crippen LogP contribution >= 0.6 is 35.0 Å². The fraction of sp³-hybridized carbons (Fsp3) is 0.167. The van der Waals surface area contributed by atoms with Gasteiger partial charge in [0.05, 0.1) is 10.0 Å². The normalized spacial score (nSPS) is 17.9. The summed E-state index contributed by atoms with van der Waals surface area (Å²) >= 11 is 12.6. The molecule has 1 aromatic rings. The van der Waals surface area contributed by atoms with Gasteiger partial charge in [-0.15, -0.1) is 11.8 Å². The molecule has 6 heteroatoms. The third-order valence-corrected chi connectivity index (χ3v) is 3.77.